The van der Waals surface area contributed by atoms with Gasteiger partial charge in [0.1, 0.15) is 0 Å². The van der Waals surface area contributed by atoms with Crippen LogP contribution in [0.1, 0.15) is 29.2 Å². The summed E-state index contributed by atoms with van der Waals surface area (Å²) in [6, 6.07) is 6.43. The van der Waals surface area contributed by atoms with Crippen molar-refractivity contribution >= 4 is 11.6 Å². The van der Waals surface area contributed by atoms with Crippen molar-refractivity contribution in [2.75, 3.05) is 13.1 Å². The summed E-state index contributed by atoms with van der Waals surface area (Å²) in [7, 11) is 0. The molecule has 24 heavy (non-hydrogen) atoms. The highest BCUT2D eigenvalue weighted by atomic mass is 35.5. The summed E-state index contributed by atoms with van der Waals surface area (Å²) in [5, 5.41) is 15.7. The third-order valence-corrected chi connectivity index (χ3v) is 4.86. The molecule has 7 heteroatoms. The molecule has 1 aromatic carbocycles. The monoisotopic (exact) mass is 342 g/mol. The third-order valence-electron chi connectivity index (χ3n) is 4.66. The van der Waals surface area contributed by atoms with Crippen molar-refractivity contribution in [2.24, 2.45) is 0 Å². The van der Waals surface area contributed by atoms with E-state index in [1.165, 1.54) is 11.1 Å². The van der Waals surface area contributed by atoms with E-state index in [4.69, 9.17) is 11.6 Å². The lowest BCUT2D eigenvalue weighted by Gasteiger charge is -2.17. The van der Waals surface area contributed by atoms with Gasteiger partial charge in [-0.15, -0.1) is 0 Å². The van der Waals surface area contributed by atoms with Crippen LogP contribution in [0.3, 0.4) is 0 Å². The molecule has 3 aromatic rings. The van der Waals surface area contributed by atoms with Crippen LogP contribution >= 0.6 is 11.6 Å². The van der Waals surface area contributed by atoms with E-state index in [1.54, 1.807) is 10.9 Å². The maximum atomic E-state index is 5.95. The van der Waals surface area contributed by atoms with Crippen molar-refractivity contribution < 1.29 is 0 Å². The van der Waals surface area contributed by atoms with Gasteiger partial charge in [0.2, 0.25) is 0 Å². The summed E-state index contributed by atoms with van der Waals surface area (Å²) >= 11 is 5.95. The lowest BCUT2D eigenvalue weighted by atomic mass is 10.1. The smallest absolute Gasteiger partial charge is 0.0868 e. The highest BCUT2D eigenvalue weighted by Crippen LogP contribution is 2.27. The quantitative estimate of drug-likeness (QED) is 0.791. The van der Waals surface area contributed by atoms with Crippen molar-refractivity contribution in [3.05, 3.63) is 58.6 Å². The van der Waals surface area contributed by atoms with E-state index in [1.807, 2.05) is 12.4 Å². The maximum absolute atomic E-state index is 5.95. The van der Waals surface area contributed by atoms with E-state index in [-0.39, 0.29) is 0 Å². The zero-order valence-electron chi connectivity index (χ0n) is 13.5. The van der Waals surface area contributed by atoms with Crippen LogP contribution in [0, 0.1) is 6.92 Å². The summed E-state index contributed by atoms with van der Waals surface area (Å²) in [6.45, 7) is 5.23. The Labute approximate surface area is 145 Å². The lowest BCUT2D eigenvalue weighted by Crippen LogP contribution is -2.20. The predicted molar refractivity (Wildman–Crippen MR) is 92.3 cm³/mol. The van der Waals surface area contributed by atoms with Gasteiger partial charge in [0.05, 0.1) is 28.8 Å². The van der Waals surface area contributed by atoms with Gasteiger partial charge in [0.25, 0.3) is 0 Å². The third kappa shape index (κ3) is 3.07. The summed E-state index contributed by atoms with van der Waals surface area (Å²) in [6.07, 6.45) is 6.44. The first-order chi connectivity index (χ1) is 11.7. The molecule has 1 saturated heterocycles. The number of hydrogen-bond acceptors (Lipinski definition) is 4. The minimum absolute atomic E-state index is 0.481. The molecule has 3 heterocycles. The number of aromatic amines is 1. The molecule has 1 aliphatic rings. The molecular formula is C17H19ClN6. The number of H-pyrrole nitrogens is 1. The Morgan fingerprint density at radius 3 is 2.96 bits per heavy atom. The molecule has 0 bridgehead atoms. The first-order valence-corrected chi connectivity index (χ1v) is 8.45. The van der Waals surface area contributed by atoms with Crippen molar-refractivity contribution in [2.45, 2.75) is 25.8 Å². The molecule has 1 N–H and O–H groups in total. The van der Waals surface area contributed by atoms with Gasteiger partial charge in [-0.05, 0) is 43.1 Å². The molecular weight excluding hydrogens is 324 g/mol. The zero-order chi connectivity index (χ0) is 16.5. The topological polar surface area (TPSA) is 62.6 Å². The van der Waals surface area contributed by atoms with Crippen LogP contribution < -0.4 is 0 Å². The molecule has 0 amide bonds. The Morgan fingerprint density at radius 1 is 1.33 bits per heavy atom. The number of benzene rings is 1. The number of aryl methyl sites for hydroxylation is 1. The summed E-state index contributed by atoms with van der Waals surface area (Å²) in [4.78, 5) is 2.48. The number of nitrogens with zero attached hydrogens (tertiary/aromatic N) is 5. The van der Waals surface area contributed by atoms with E-state index in [9.17, 15) is 0 Å². The minimum Gasteiger partial charge on any atom is -0.298 e. The van der Waals surface area contributed by atoms with E-state index >= 15 is 0 Å². The average Bonchev–Trinajstić information content (AvgIpc) is 3.30. The number of likely N-dealkylation sites (tertiary alicyclic amines) is 1. The minimum atomic E-state index is 0.481. The van der Waals surface area contributed by atoms with E-state index in [0.717, 1.165) is 37.4 Å². The SMILES string of the molecule is Cc1cc(-n2cc(Cl)cn2)ccc1CN1CCC(c2cn[nH]n2)C1. The Balaban J connectivity index is 1.45. The molecule has 4 rings (SSSR count). The van der Waals surface area contributed by atoms with Crippen LogP contribution in [0.2, 0.25) is 5.02 Å². The van der Waals surface area contributed by atoms with Gasteiger partial charge in [0.15, 0.2) is 0 Å². The fourth-order valence-corrected chi connectivity index (χ4v) is 3.44. The van der Waals surface area contributed by atoms with Gasteiger partial charge in [-0.25, -0.2) is 4.68 Å². The van der Waals surface area contributed by atoms with Crippen molar-refractivity contribution in [3.63, 3.8) is 0 Å². The normalized spacial score (nSPS) is 18.3. The van der Waals surface area contributed by atoms with Crippen LogP contribution in [0.15, 0.2) is 36.8 Å². The highest BCUT2D eigenvalue weighted by molar-refractivity contribution is 6.30. The number of nitrogens with one attached hydrogen (secondary N) is 1. The summed E-state index contributed by atoms with van der Waals surface area (Å²) < 4.78 is 1.80. The number of halogens is 1. The Bertz CT molecular complexity index is 825. The molecule has 0 radical (unpaired) electrons. The molecule has 1 unspecified atom stereocenters. The Kier molecular flexibility index (Phi) is 4.08. The van der Waals surface area contributed by atoms with Gasteiger partial charge in [-0.3, -0.25) is 4.90 Å². The highest BCUT2D eigenvalue weighted by Gasteiger charge is 2.25. The summed E-state index contributed by atoms with van der Waals surface area (Å²) in [5.74, 6) is 0.481. The second-order valence-corrected chi connectivity index (χ2v) is 6.77. The molecule has 1 atom stereocenters. The zero-order valence-corrected chi connectivity index (χ0v) is 14.2. The average molecular weight is 343 g/mol. The molecule has 1 fully saturated rings. The molecule has 124 valence electrons. The molecule has 0 saturated carbocycles. The fraction of sp³-hybridized carbons (Fsp3) is 0.353. The fourth-order valence-electron chi connectivity index (χ4n) is 3.31. The second kappa shape index (κ2) is 6.37. The second-order valence-electron chi connectivity index (χ2n) is 6.33. The summed E-state index contributed by atoms with van der Waals surface area (Å²) in [5.41, 5.74) is 4.71. The van der Waals surface area contributed by atoms with Crippen LogP contribution in [0.25, 0.3) is 5.69 Å². The van der Waals surface area contributed by atoms with Crippen LogP contribution in [-0.4, -0.2) is 43.2 Å². The predicted octanol–water partition coefficient (Wildman–Crippen LogP) is 2.94. The van der Waals surface area contributed by atoms with Gasteiger partial charge in [0, 0.05) is 25.2 Å². The standard InChI is InChI=1S/C17H19ClN6/c1-12-6-16(24-11-15(18)7-20-24)3-2-13(12)9-23-5-4-14(10-23)17-8-19-22-21-17/h2-3,6-8,11,14H,4-5,9-10H2,1H3,(H,19,21,22). The first kappa shape index (κ1) is 15.4. The van der Waals surface area contributed by atoms with Crippen LogP contribution in [0.5, 0.6) is 0 Å². The maximum Gasteiger partial charge on any atom is 0.0868 e. The van der Waals surface area contributed by atoms with Crippen LogP contribution in [-0.2, 0) is 6.54 Å². The molecule has 6 nitrogen and oxygen atoms in total. The molecule has 0 aliphatic carbocycles. The van der Waals surface area contributed by atoms with Crippen molar-refractivity contribution in [1.29, 1.82) is 0 Å². The van der Waals surface area contributed by atoms with Gasteiger partial charge in [-0.2, -0.15) is 20.5 Å². The number of hydrogen-bond donors (Lipinski definition) is 1. The van der Waals surface area contributed by atoms with Crippen LogP contribution in [0.4, 0.5) is 0 Å². The van der Waals surface area contributed by atoms with Crippen molar-refractivity contribution in [3.8, 4) is 5.69 Å². The molecule has 1 aliphatic heterocycles. The van der Waals surface area contributed by atoms with E-state index in [2.05, 4.69) is 50.5 Å². The first-order valence-electron chi connectivity index (χ1n) is 8.07. The Morgan fingerprint density at radius 2 is 2.25 bits per heavy atom. The number of aromatic nitrogens is 5. The molecule has 0 spiro atoms. The van der Waals surface area contributed by atoms with Gasteiger partial charge < -0.3 is 0 Å². The van der Waals surface area contributed by atoms with E-state index < -0.39 is 0 Å². The largest absolute Gasteiger partial charge is 0.298 e. The van der Waals surface area contributed by atoms with Gasteiger partial charge >= 0.3 is 0 Å². The van der Waals surface area contributed by atoms with E-state index in [0.29, 0.717) is 10.9 Å². The van der Waals surface area contributed by atoms with Gasteiger partial charge in [-0.1, -0.05) is 17.7 Å². The number of rotatable bonds is 4. The lowest BCUT2D eigenvalue weighted by molar-refractivity contribution is 0.325. The molecule has 2 aromatic heterocycles. The van der Waals surface area contributed by atoms with Crippen molar-refractivity contribution in [1.82, 2.24) is 30.1 Å². The Hall–Kier alpha value is -2.18.